The molecule has 2 aromatic rings. The maximum Gasteiger partial charge on any atom is 0.192 e. The van der Waals surface area contributed by atoms with Crippen LogP contribution in [0.3, 0.4) is 0 Å². The van der Waals surface area contributed by atoms with Crippen molar-refractivity contribution >= 4 is 47.4 Å². The summed E-state index contributed by atoms with van der Waals surface area (Å²) in [4.78, 5) is 7.26. The van der Waals surface area contributed by atoms with Crippen LogP contribution in [0.15, 0.2) is 29.3 Å². The zero-order valence-electron chi connectivity index (χ0n) is 19.1. The number of nitrogens with one attached hydrogen (secondary N) is 2. The molecule has 1 unspecified atom stereocenters. The molecule has 1 aliphatic heterocycles. The summed E-state index contributed by atoms with van der Waals surface area (Å²) >= 11 is 1.87. The van der Waals surface area contributed by atoms with Crippen molar-refractivity contribution in [2.24, 2.45) is 12.0 Å². The number of guanidine groups is 1. The van der Waals surface area contributed by atoms with Gasteiger partial charge in [-0.25, -0.2) is 4.99 Å². The lowest BCUT2D eigenvalue weighted by molar-refractivity contribution is 0.673. The first-order valence-corrected chi connectivity index (χ1v) is 12.2. The average molecular weight is 558 g/mol. The van der Waals surface area contributed by atoms with Gasteiger partial charge < -0.3 is 20.1 Å². The van der Waals surface area contributed by atoms with Gasteiger partial charge in [-0.2, -0.15) is 11.8 Å². The fraction of sp³-hybridized carbons (Fsp3) is 0.591. The van der Waals surface area contributed by atoms with Crippen molar-refractivity contribution in [2.75, 3.05) is 36.5 Å². The van der Waals surface area contributed by atoms with E-state index >= 15 is 0 Å². The summed E-state index contributed by atoms with van der Waals surface area (Å²) in [6.45, 7) is 7.85. The van der Waals surface area contributed by atoms with Crippen LogP contribution in [0.1, 0.15) is 49.4 Å². The molecule has 0 saturated carbocycles. The molecule has 0 radical (unpaired) electrons. The summed E-state index contributed by atoms with van der Waals surface area (Å²) in [6, 6.07) is 9.02. The highest BCUT2D eigenvalue weighted by molar-refractivity contribution is 14.0. The van der Waals surface area contributed by atoms with Crippen LogP contribution in [0.25, 0.3) is 0 Å². The van der Waals surface area contributed by atoms with Gasteiger partial charge in [0.25, 0.3) is 0 Å². The number of anilines is 1. The van der Waals surface area contributed by atoms with Crippen molar-refractivity contribution in [3.8, 4) is 0 Å². The van der Waals surface area contributed by atoms with Crippen molar-refractivity contribution in [3.63, 3.8) is 0 Å². The van der Waals surface area contributed by atoms with Crippen molar-refractivity contribution in [1.29, 1.82) is 0 Å². The van der Waals surface area contributed by atoms with Gasteiger partial charge in [-0.15, -0.1) is 34.2 Å². The summed E-state index contributed by atoms with van der Waals surface area (Å²) in [6.07, 6.45) is 5.81. The molecule has 9 heteroatoms. The van der Waals surface area contributed by atoms with Gasteiger partial charge in [0.1, 0.15) is 12.4 Å². The van der Waals surface area contributed by atoms with Crippen LogP contribution in [-0.2, 0) is 13.6 Å². The topological polar surface area (TPSA) is 70.4 Å². The minimum absolute atomic E-state index is 0. The Kier molecular flexibility index (Phi) is 10.9. The molecule has 3 rings (SSSR count). The fourth-order valence-corrected chi connectivity index (χ4v) is 4.00. The Bertz CT molecular complexity index is 833. The van der Waals surface area contributed by atoms with Gasteiger partial charge in [-0.1, -0.05) is 12.1 Å². The molecule has 7 nitrogen and oxygen atoms in total. The standard InChI is InChI=1S/C22H35N7S.HI/c1-17(19-9-7-10-20(15-19)29-12-5-6-13-29)25-22(23-11-8-14-30-4)24-16-21-27-26-18(2)28(21)3;/h7,9-10,15,17H,5-6,8,11-14,16H2,1-4H3,(H2,23,24,25);1H. The largest absolute Gasteiger partial charge is 0.372 e. The quantitative estimate of drug-likeness (QED) is 0.211. The van der Waals surface area contributed by atoms with Gasteiger partial charge in [0.15, 0.2) is 11.8 Å². The number of halogens is 1. The molecule has 1 aromatic carbocycles. The molecule has 1 saturated heterocycles. The third kappa shape index (κ3) is 7.55. The number of aromatic nitrogens is 3. The Balaban J connectivity index is 0.00000341. The molecule has 0 aliphatic carbocycles. The number of benzene rings is 1. The molecule has 1 atom stereocenters. The first kappa shape index (κ1) is 25.8. The number of rotatable bonds is 9. The highest BCUT2D eigenvalue weighted by atomic mass is 127. The van der Waals surface area contributed by atoms with E-state index in [9.17, 15) is 0 Å². The molecule has 1 fully saturated rings. The van der Waals surface area contributed by atoms with Crippen molar-refractivity contribution in [2.45, 2.75) is 45.7 Å². The van der Waals surface area contributed by atoms with E-state index in [-0.39, 0.29) is 30.0 Å². The number of hydrogen-bond acceptors (Lipinski definition) is 5. The van der Waals surface area contributed by atoms with Gasteiger partial charge >= 0.3 is 0 Å². The smallest absolute Gasteiger partial charge is 0.192 e. The summed E-state index contributed by atoms with van der Waals surface area (Å²) in [7, 11) is 1.98. The zero-order valence-corrected chi connectivity index (χ0v) is 22.2. The lowest BCUT2D eigenvalue weighted by Crippen LogP contribution is -2.39. The summed E-state index contributed by atoms with van der Waals surface area (Å²) in [5.74, 6) is 3.71. The van der Waals surface area contributed by atoms with E-state index < -0.39 is 0 Å². The third-order valence-corrected chi connectivity index (χ3v) is 6.27. The minimum atomic E-state index is 0. The van der Waals surface area contributed by atoms with Crippen molar-refractivity contribution in [3.05, 3.63) is 41.5 Å². The van der Waals surface area contributed by atoms with Crippen LogP contribution >= 0.6 is 35.7 Å². The summed E-state index contributed by atoms with van der Waals surface area (Å²) in [5.41, 5.74) is 2.59. The number of aryl methyl sites for hydroxylation is 1. The van der Waals surface area contributed by atoms with Crippen molar-refractivity contribution in [1.82, 2.24) is 25.4 Å². The fourth-order valence-electron chi connectivity index (χ4n) is 3.57. The van der Waals surface area contributed by atoms with E-state index in [4.69, 9.17) is 4.99 Å². The van der Waals surface area contributed by atoms with Gasteiger partial charge in [0, 0.05) is 32.4 Å². The second-order valence-electron chi connectivity index (χ2n) is 7.82. The number of hydrogen-bond donors (Lipinski definition) is 2. The lowest BCUT2D eigenvalue weighted by Gasteiger charge is -2.22. The molecule has 2 heterocycles. The molecule has 2 N–H and O–H groups in total. The molecule has 0 spiro atoms. The normalized spacial score (nSPS) is 15.0. The predicted molar refractivity (Wildman–Crippen MR) is 143 cm³/mol. The number of aliphatic imine (C=N–C) groups is 1. The minimum Gasteiger partial charge on any atom is -0.372 e. The zero-order chi connectivity index (χ0) is 21.3. The van der Waals surface area contributed by atoms with Gasteiger partial charge in [-0.3, -0.25) is 0 Å². The first-order valence-electron chi connectivity index (χ1n) is 10.8. The molecular formula is C22H36IN7S. The van der Waals surface area contributed by atoms with Gasteiger partial charge in [0.2, 0.25) is 0 Å². The highest BCUT2D eigenvalue weighted by Gasteiger charge is 2.15. The molecule has 1 aromatic heterocycles. The van der Waals surface area contributed by atoms with E-state index in [2.05, 4.69) is 63.2 Å². The maximum absolute atomic E-state index is 4.79. The van der Waals surface area contributed by atoms with E-state index in [1.807, 2.05) is 30.3 Å². The number of thioether (sulfide) groups is 1. The third-order valence-electron chi connectivity index (χ3n) is 5.57. The SMILES string of the molecule is CSCCCNC(=NCc1nnc(C)n1C)NC(C)c1cccc(N2CCCC2)c1.I. The Labute approximate surface area is 207 Å². The monoisotopic (exact) mass is 557 g/mol. The van der Waals surface area contributed by atoms with Crippen LogP contribution in [0, 0.1) is 6.92 Å². The van der Waals surface area contributed by atoms with Gasteiger partial charge in [0.05, 0.1) is 6.04 Å². The van der Waals surface area contributed by atoms with E-state index in [1.165, 1.54) is 24.1 Å². The van der Waals surface area contributed by atoms with E-state index in [0.29, 0.717) is 6.54 Å². The summed E-state index contributed by atoms with van der Waals surface area (Å²) < 4.78 is 1.98. The molecular weight excluding hydrogens is 521 g/mol. The Hall–Kier alpha value is -1.49. The average Bonchev–Trinajstić information content (AvgIpc) is 3.40. The van der Waals surface area contributed by atoms with Crippen molar-refractivity contribution < 1.29 is 0 Å². The first-order chi connectivity index (χ1) is 14.6. The molecule has 1 aliphatic rings. The van der Waals surface area contributed by atoms with Gasteiger partial charge in [-0.05, 0) is 62.8 Å². The highest BCUT2D eigenvalue weighted by Crippen LogP contribution is 2.24. The molecule has 0 amide bonds. The maximum atomic E-state index is 4.79. The van der Waals surface area contributed by atoms with E-state index in [1.54, 1.807) is 0 Å². The number of nitrogens with zero attached hydrogens (tertiary/aromatic N) is 5. The van der Waals surface area contributed by atoms with Crippen LogP contribution < -0.4 is 15.5 Å². The molecule has 172 valence electrons. The molecule has 31 heavy (non-hydrogen) atoms. The predicted octanol–water partition coefficient (Wildman–Crippen LogP) is 3.89. The molecule has 0 bridgehead atoms. The second-order valence-corrected chi connectivity index (χ2v) is 8.80. The second kappa shape index (κ2) is 13.1. The van der Waals surface area contributed by atoms with Crippen LogP contribution in [0.2, 0.25) is 0 Å². The Morgan fingerprint density at radius 2 is 2.03 bits per heavy atom. The van der Waals surface area contributed by atoms with E-state index in [0.717, 1.165) is 49.4 Å². The Morgan fingerprint density at radius 3 is 2.71 bits per heavy atom. The lowest BCUT2D eigenvalue weighted by atomic mass is 10.1. The Morgan fingerprint density at radius 1 is 1.26 bits per heavy atom. The van der Waals surface area contributed by atoms with Crippen LogP contribution in [-0.4, -0.2) is 52.4 Å². The van der Waals surface area contributed by atoms with Crippen LogP contribution in [0.4, 0.5) is 5.69 Å². The van der Waals surface area contributed by atoms with Crippen LogP contribution in [0.5, 0.6) is 0 Å². The summed E-state index contributed by atoms with van der Waals surface area (Å²) in [5, 5.41) is 15.4.